The number of aromatic amines is 1. The molecule has 3 rings (SSSR count). The van der Waals surface area contributed by atoms with Crippen molar-refractivity contribution in [3.05, 3.63) is 92.0 Å². The minimum absolute atomic E-state index is 0.112. The highest BCUT2D eigenvalue weighted by Gasteiger charge is 2.16. The van der Waals surface area contributed by atoms with Crippen molar-refractivity contribution in [3.8, 4) is 5.69 Å². The molecule has 7 heteroatoms. The molecule has 2 heterocycles. The van der Waals surface area contributed by atoms with Crippen molar-refractivity contribution in [1.29, 1.82) is 0 Å². The summed E-state index contributed by atoms with van der Waals surface area (Å²) in [4.78, 5) is 43.5. The summed E-state index contributed by atoms with van der Waals surface area (Å²) in [6.45, 7) is 6.19. The molecule has 3 aromatic rings. The Morgan fingerprint density at radius 3 is 2.72 bits per heavy atom. The second-order valence-electron chi connectivity index (χ2n) is 7.21. The van der Waals surface area contributed by atoms with Crippen LogP contribution < -0.4 is 16.4 Å². The van der Waals surface area contributed by atoms with E-state index in [9.17, 15) is 14.4 Å². The van der Waals surface area contributed by atoms with E-state index in [4.69, 9.17) is 0 Å². The van der Waals surface area contributed by atoms with Crippen molar-refractivity contribution in [2.24, 2.45) is 0 Å². The van der Waals surface area contributed by atoms with Crippen LogP contribution in [0.5, 0.6) is 0 Å². The molecule has 0 unspecified atom stereocenters. The lowest BCUT2D eigenvalue weighted by Gasteiger charge is -2.13. The SMILES string of the molecule is Cc1ccn(-c2cccc(C(C)C)c2)c(=O)c1C(=O)NCCc1cc(=O)[nH]cn1. The van der Waals surface area contributed by atoms with E-state index in [1.54, 1.807) is 19.2 Å². The summed E-state index contributed by atoms with van der Waals surface area (Å²) >= 11 is 0. The van der Waals surface area contributed by atoms with Crippen LogP contribution in [0.2, 0.25) is 0 Å². The van der Waals surface area contributed by atoms with Crippen molar-refractivity contribution < 1.29 is 4.79 Å². The number of nitrogens with zero attached hydrogens (tertiary/aromatic N) is 2. The molecule has 2 N–H and O–H groups in total. The van der Waals surface area contributed by atoms with Crippen molar-refractivity contribution in [2.45, 2.75) is 33.1 Å². The number of pyridine rings is 1. The highest BCUT2D eigenvalue weighted by Crippen LogP contribution is 2.17. The second kappa shape index (κ2) is 8.68. The number of nitrogens with one attached hydrogen (secondary N) is 2. The lowest BCUT2D eigenvalue weighted by Crippen LogP contribution is -2.34. The van der Waals surface area contributed by atoms with Crippen LogP contribution >= 0.6 is 0 Å². The molecule has 0 aliphatic carbocycles. The van der Waals surface area contributed by atoms with Crippen LogP contribution in [-0.4, -0.2) is 27.0 Å². The molecule has 29 heavy (non-hydrogen) atoms. The number of amides is 1. The Morgan fingerprint density at radius 2 is 2.00 bits per heavy atom. The van der Waals surface area contributed by atoms with E-state index in [1.165, 1.54) is 17.0 Å². The van der Waals surface area contributed by atoms with Crippen LogP contribution in [0.25, 0.3) is 5.69 Å². The van der Waals surface area contributed by atoms with Gasteiger partial charge in [0, 0.05) is 36.6 Å². The zero-order valence-corrected chi connectivity index (χ0v) is 16.7. The van der Waals surface area contributed by atoms with Gasteiger partial charge in [-0.05, 0) is 42.2 Å². The maximum Gasteiger partial charge on any atom is 0.268 e. The monoisotopic (exact) mass is 392 g/mol. The molecule has 0 atom stereocenters. The van der Waals surface area contributed by atoms with Crippen molar-refractivity contribution in [2.75, 3.05) is 6.54 Å². The molecule has 7 nitrogen and oxygen atoms in total. The first-order valence-electron chi connectivity index (χ1n) is 9.51. The normalized spacial score (nSPS) is 10.9. The molecular weight excluding hydrogens is 368 g/mol. The van der Waals surface area contributed by atoms with E-state index in [2.05, 4.69) is 29.1 Å². The fourth-order valence-corrected chi connectivity index (χ4v) is 3.08. The lowest BCUT2D eigenvalue weighted by molar-refractivity contribution is 0.0951. The molecule has 0 bridgehead atoms. The molecule has 0 saturated heterocycles. The minimum atomic E-state index is -0.438. The first-order chi connectivity index (χ1) is 13.9. The zero-order chi connectivity index (χ0) is 21.0. The van der Waals surface area contributed by atoms with Crippen LogP contribution in [0.4, 0.5) is 0 Å². The summed E-state index contributed by atoms with van der Waals surface area (Å²) in [5, 5.41) is 2.75. The van der Waals surface area contributed by atoms with E-state index >= 15 is 0 Å². The molecule has 0 fully saturated rings. The third-order valence-corrected chi connectivity index (χ3v) is 4.74. The van der Waals surface area contributed by atoms with Gasteiger partial charge in [-0.1, -0.05) is 26.0 Å². The van der Waals surface area contributed by atoms with E-state index < -0.39 is 5.91 Å². The van der Waals surface area contributed by atoms with E-state index in [1.807, 2.05) is 24.3 Å². The predicted octanol–water partition coefficient (Wildman–Crippen LogP) is 2.33. The van der Waals surface area contributed by atoms with Crippen LogP contribution in [0, 0.1) is 6.92 Å². The van der Waals surface area contributed by atoms with Crippen LogP contribution in [-0.2, 0) is 6.42 Å². The fourth-order valence-electron chi connectivity index (χ4n) is 3.08. The fraction of sp³-hybridized carbons (Fsp3) is 0.273. The Kier molecular flexibility index (Phi) is 6.07. The molecule has 0 aliphatic rings. The van der Waals surface area contributed by atoms with E-state index in [-0.39, 0.29) is 23.2 Å². The van der Waals surface area contributed by atoms with Gasteiger partial charge in [0.2, 0.25) is 0 Å². The average Bonchev–Trinajstić information content (AvgIpc) is 2.68. The average molecular weight is 392 g/mol. The van der Waals surface area contributed by atoms with Gasteiger partial charge in [0.25, 0.3) is 17.0 Å². The third kappa shape index (κ3) is 4.68. The van der Waals surface area contributed by atoms with Gasteiger partial charge in [-0.15, -0.1) is 0 Å². The number of aryl methyl sites for hydroxylation is 1. The summed E-state index contributed by atoms with van der Waals surface area (Å²) in [6, 6.07) is 10.9. The Labute approximate surface area is 168 Å². The van der Waals surface area contributed by atoms with Crippen molar-refractivity contribution in [1.82, 2.24) is 19.9 Å². The number of rotatable bonds is 6. The molecule has 2 aromatic heterocycles. The summed E-state index contributed by atoms with van der Waals surface area (Å²) in [5.41, 5.74) is 2.53. The van der Waals surface area contributed by atoms with Gasteiger partial charge >= 0.3 is 0 Å². The van der Waals surface area contributed by atoms with Gasteiger partial charge in [-0.2, -0.15) is 0 Å². The molecular formula is C22H24N4O3. The summed E-state index contributed by atoms with van der Waals surface area (Å²) in [7, 11) is 0. The quantitative estimate of drug-likeness (QED) is 0.673. The van der Waals surface area contributed by atoms with Crippen molar-refractivity contribution in [3.63, 3.8) is 0 Å². The topological polar surface area (TPSA) is 96.9 Å². The van der Waals surface area contributed by atoms with Gasteiger partial charge < -0.3 is 10.3 Å². The number of aromatic nitrogens is 3. The highest BCUT2D eigenvalue weighted by molar-refractivity contribution is 5.95. The Hall–Kier alpha value is -3.48. The molecule has 0 spiro atoms. The molecule has 150 valence electrons. The smallest absolute Gasteiger partial charge is 0.268 e. The summed E-state index contributed by atoms with van der Waals surface area (Å²) < 4.78 is 1.49. The van der Waals surface area contributed by atoms with E-state index in [0.29, 0.717) is 23.6 Å². The number of carbonyl (C=O) groups is 1. The van der Waals surface area contributed by atoms with Crippen LogP contribution in [0.1, 0.15) is 46.9 Å². The number of carbonyl (C=O) groups excluding carboxylic acids is 1. The van der Waals surface area contributed by atoms with Crippen LogP contribution in [0.15, 0.2) is 58.5 Å². The van der Waals surface area contributed by atoms with Crippen LogP contribution in [0.3, 0.4) is 0 Å². The first kappa shape index (κ1) is 20.3. The summed E-state index contributed by atoms with van der Waals surface area (Å²) in [5.74, 6) is -0.107. The number of hydrogen-bond donors (Lipinski definition) is 2. The number of hydrogen-bond acceptors (Lipinski definition) is 4. The molecule has 0 radical (unpaired) electrons. The van der Waals surface area contributed by atoms with Gasteiger partial charge in [0.15, 0.2) is 0 Å². The maximum absolute atomic E-state index is 13.0. The number of benzene rings is 1. The lowest BCUT2D eigenvalue weighted by atomic mass is 10.0. The molecule has 1 aromatic carbocycles. The predicted molar refractivity (Wildman–Crippen MR) is 112 cm³/mol. The highest BCUT2D eigenvalue weighted by atomic mass is 16.2. The third-order valence-electron chi connectivity index (χ3n) is 4.74. The summed E-state index contributed by atoms with van der Waals surface area (Å²) in [6.07, 6.45) is 3.41. The maximum atomic E-state index is 13.0. The minimum Gasteiger partial charge on any atom is -0.351 e. The Bertz CT molecular complexity index is 1150. The van der Waals surface area contributed by atoms with Gasteiger partial charge in [-0.3, -0.25) is 19.0 Å². The Morgan fingerprint density at radius 1 is 1.21 bits per heavy atom. The van der Waals surface area contributed by atoms with Crippen molar-refractivity contribution >= 4 is 5.91 Å². The number of H-pyrrole nitrogens is 1. The molecule has 0 aliphatic heterocycles. The van der Waals surface area contributed by atoms with Gasteiger partial charge in [0.05, 0.1) is 6.33 Å². The van der Waals surface area contributed by atoms with E-state index in [0.717, 1.165) is 11.3 Å². The van der Waals surface area contributed by atoms with Gasteiger partial charge in [-0.25, -0.2) is 4.98 Å². The molecule has 0 saturated carbocycles. The van der Waals surface area contributed by atoms with Gasteiger partial charge in [0.1, 0.15) is 5.56 Å². The largest absolute Gasteiger partial charge is 0.351 e. The second-order valence-corrected chi connectivity index (χ2v) is 7.21. The Balaban J connectivity index is 1.83. The standard InChI is InChI=1S/C22H24N4O3/c1-14(2)16-5-4-6-18(11-16)26-10-8-15(3)20(22(26)29)21(28)23-9-7-17-12-19(27)25-13-24-17/h4-6,8,10-14H,7,9H2,1-3H3,(H,23,28)(H,24,25,27). The zero-order valence-electron chi connectivity index (χ0n) is 16.7. The molecule has 1 amide bonds. The first-order valence-corrected chi connectivity index (χ1v) is 9.51.